The second-order valence-corrected chi connectivity index (χ2v) is 7.93. The molecule has 3 aromatic rings. The van der Waals surface area contributed by atoms with Gasteiger partial charge in [0.25, 0.3) is 5.91 Å². The van der Waals surface area contributed by atoms with E-state index in [0.717, 1.165) is 21.9 Å². The third-order valence-electron chi connectivity index (χ3n) is 3.57. The molecular formula is C18H18N2OS3. The van der Waals surface area contributed by atoms with Gasteiger partial charge in [0.2, 0.25) is 0 Å². The van der Waals surface area contributed by atoms with E-state index in [1.807, 2.05) is 58.4 Å². The molecule has 3 nitrogen and oxygen atoms in total. The van der Waals surface area contributed by atoms with Crippen LogP contribution in [0.2, 0.25) is 0 Å². The van der Waals surface area contributed by atoms with Crippen LogP contribution in [0.1, 0.15) is 27.9 Å². The smallest absolute Gasteiger partial charge is 0.255 e. The molecule has 0 aliphatic carbocycles. The molecule has 0 unspecified atom stereocenters. The van der Waals surface area contributed by atoms with E-state index in [0.29, 0.717) is 13.1 Å². The topological polar surface area (TPSA) is 33.2 Å². The zero-order valence-corrected chi connectivity index (χ0v) is 15.8. The first-order valence-electron chi connectivity index (χ1n) is 7.68. The summed E-state index contributed by atoms with van der Waals surface area (Å²) in [5, 5.41) is 4.10. The SMILES string of the molecule is CCN(Cc1cccs1)C(=O)c1ccccc1SCc1cscn1. The predicted octanol–water partition coefficient (Wildman–Crippen LogP) is 5.16. The number of aromatic nitrogens is 1. The highest BCUT2D eigenvalue weighted by atomic mass is 32.2. The maximum absolute atomic E-state index is 13.0. The number of benzene rings is 1. The lowest BCUT2D eigenvalue weighted by atomic mass is 10.2. The predicted molar refractivity (Wildman–Crippen MR) is 103 cm³/mol. The maximum atomic E-state index is 13.0. The van der Waals surface area contributed by atoms with Gasteiger partial charge in [0, 0.05) is 27.5 Å². The molecule has 0 fully saturated rings. The summed E-state index contributed by atoms with van der Waals surface area (Å²) in [5.74, 6) is 0.873. The molecule has 1 aromatic carbocycles. The van der Waals surface area contributed by atoms with Crippen LogP contribution in [0.4, 0.5) is 0 Å². The Labute approximate surface area is 154 Å². The van der Waals surface area contributed by atoms with Crippen molar-refractivity contribution in [2.24, 2.45) is 0 Å². The second-order valence-electron chi connectivity index (χ2n) is 5.16. The molecular weight excluding hydrogens is 356 g/mol. The van der Waals surface area contributed by atoms with E-state index >= 15 is 0 Å². The summed E-state index contributed by atoms with van der Waals surface area (Å²) >= 11 is 4.95. The van der Waals surface area contributed by atoms with Crippen LogP contribution in [0.25, 0.3) is 0 Å². The summed E-state index contributed by atoms with van der Waals surface area (Å²) in [5.41, 5.74) is 3.67. The van der Waals surface area contributed by atoms with Gasteiger partial charge in [-0.05, 0) is 30.5 Å². The molecule has 2 heterocycles. The summed E-state index contributed by atoms with van der Waals surface area (Å²) in [6.07, 6.45) is 0. The van der Waals surface area contributed by atoms with Crippen LogP contribution in [-0.2, 0) is 12.3 Å². The van der Waals surface area contributed by atoms with E-state index < -0.39 is 0 Å². The zero-order valence-electron chi connectivity index (χ0n) is 13.3. The Bertz CT molecular complexity index is 769. The van der Waals surface area contributed by atoms with E-state index in [9.17, 15) is 4.79 Å². The summed E-state index contributed by atoms with van der Waals surface area (Å²) in [6.45, 7) is 3.39. The van der Waals surface area contributed by atoms with Crippen molar-refractivity contribution in [1.82, 2.24) is 9.88 Å². The Balaban J connectivity index is 1.75. The van der Waals surface area contributed by atoms with E-state index in [1.54, 1.807) is 34.4 Å². The van der Waals surface area contributed by atoms with Gasteiger partial charge in [0.15, 0.2) is 0 Å². The Morgan fingerprint density at radius 2 is 2.12 bits per heavy atom. The highest BCUT2D eigenvalue weighted by molar-refractivity contribution is 7.98. The van der Waals surface area contributed by atoms with Gasteiger partial charge in [-0.2, -0.15) is 0 Å². The molecule has 24 heavy (non-hydrogen) atoms. The van der Waals surface area contributed by atoms with Crippen molar-refractivity contribution in [3.63, 3.8) is 0 Å². The fourth-order valence-corrected chi connectivity index (χ4v) is 4.65. The zero-order chi connectivity index (χ0) is 16.8. The molecule has 0 saturated carbocycles. The number of hydrogen-bond donors (Lipinski definition) is 0. The quantitative estimate of drug-likeness (QED) is 0.536. The Kier molecular flexibility index (Phi) is 6.07. The number of thioether (sulfide) groups is 1. The summed E-state index contributed by atoms with van der Waals surface area (Å²) in [4.78, 5) is 21.4. The first-order chi connectivity index (χ1) is 11.8. The number of hydrogen-bond acceptors (Lipinski definition) is 5. The van der Waals surface area contributed by atoms with Crippen LogP contribution in [-0.4, -0.2) is 22.3 Å². The lowest BCUT2D eigenvalue weighted by Gasteiger charge is -2.21. The fourth-order valence-electron chi connectivity index (χ4n) is 2.32. The fraction of sp³-hybridized carbons (Fsp3) is 0.222. The lowest BCUT2D eigenvalue weighted by Crippen LogP contribution is -2.30. The molecule has 0 N–H and O–H groups in total. The molecule has 0 atom stereocenters. The van der Waals surface area contributed by atoms with Gasteiger partial charge in [-0.3, -0.25) is 4.79 Å². The van der Waals surface area contributed by atoms with Crippen molar-refractivity contribution in [1.29, 1.82) is 0 Å². The molecule has 0 spiro atoms. The number of amides is 1. The minimum Gasteiger partial charge on any atom is -0.334 e. The van der Waals surface area contributed by atoms with Crippen LogP contribution >= 0.6 is 34.4 Å². The lowest BCUT2D eigenvalue weighted by molar-refractivity contribution is 0.0750. The number of thiazole rings is 1. The summed E-state index contributed by atoms with van der Waals surface area (Å²) in [7, 11) is 0. The van der Waals surface area contributed by atoms with Gasteiger partial charge in [-0.1, -0.05) is 18.2 Å². The third-order valence-corrected chi connectivity index (χ3v) is 6.18. The average molecular weight is 375 g/mol. The van der Waals surface area contributed by atoms with Crippen molar-refractivity contribution >= 4 is 40.3 Å². The monoisotopic (exact) mass is 374 g/mol. The normalized spacial score (nSPS) is 10.7. The molecule has 1 amide bonds. The largest absolute Gasteiger partial charge is 0.334 e. The standard InChI is InChI=1S/C18H18N2OS3/c1-2-20(10-15-6-5-9-23-15)18(21)16-7-3-4-8-17(16)24-12-14-11-22-13-19-14/h3-9,11,13H,2,10,12H2,1H3. The molecule has 0 radical (unpaired) electrons. The van der Waals surface area contributed by atoms with Crippen molar-refractivity contribution < 1.29 is 4.79 Å². The van der Waals surface area contributed by atoms with Gasteiger partial charge < -0.3 is 4.90 Å². The molecule has 6 heteroatoms. The number of nitrogens with zero attached hydrogens (tertiary/aromatic N) is 2. The Morgan fingerprint density at radius 3 is 2.83 bits per heavy atom. The molecule has 3 rings (SSSR count). The molecule has 124 valence electrons. The molecule has 2 aromatic heterocycles. The molecule has 0 aliphatic heterocycles. The Hall–Kier alpha value is -1.63. The molecule has 0 saturated heterocycles. The van der Waals surface area contributed by atoms with Crippen molar-refractivity contribution in [3.8, 4) is 0 Å². The van der Waals surface area contributed by atoms with Crippen LogP contribution < -0.4 is 0 Å². The van der Waals surface area contributed by atoms with E-state index in [1.165, 1.54) is 4.88 Å². The third kappa shape index (κ3) is 4.26. The summed E-state index contributed by atoms with van der Waals surface area (Å²) < 4.78 is 0. The highest BCUT2D eigenvalue weighted by Gasteiger charge is 2.18. The van der Waals surface area contributed by atoms with Crippen LogP contribution in [0.3, 0.4) is 0 Å². The van der Waals surface area contributed by atoms with Gasteiger partial charge in [-0.25, -0.2) is 4.98 Å². The highest BCUT2D eigenvalue weighted by Crippen LogP contribution is 2.27. The van der Waals surface area contributed by atoms with Crippen LogP contribution in [0.5, 0.6) is 0 Å². The number of thiophene rings is 1. The van der Waals surface area contributed by atoms with Crippen molar-refractivity contribution in [2.45, 2.75) is 24.1 Å². The van der Waals surface area contributed by atoms with E-state index in [-0.39, 0.29) is 5.91 Å². The number of carbonyl (C=O) groups excluding carboxylic acids is 1. The maximum Gasteiger partial charge on any atom is 0.255 e. The number of rotatable bonds is 7. The van der Waals surface area contributed by atoms with E-state index in [2.05, 4.69) is 11.1 Å². The summed E-state index contributed by atoms with van der Waals surface area (Å²) in [6, 6.07) is 11.9. The van der Waals surface area contributed by atoms with Crippen LogP contribution in [0, 0.1) is 0 Å². The van der Waals surface area contributed by atoms with Gasteiger partial charge in [0.05, 0.1) is 23.3 Å². The van der Waals surface area contributed by atoms with Gasteiger partial charge >= 0.3 is 0 Å². The molecule has 0 aliphatic rings. The first kappa shape index (κ1) is 17.2. The van der Waals surface area contributed by atoms with Crippen LogP contribution in [0.15, 0.2) is 57.6 Å². The van der Waals surface area contributed by atoms with Crippen molar-refractivity contribution in [3.05, 3.63) is 68.8 Å². The second kappa shape index (κ2) is 8.46. The minimum absolute atomic E-state index is 0.0901. The Morgan fingerprint density at radius 1 is 1.25 bits per heavy atom. The van der Waals surface area contributed by atoms with Gasteiger partial charge in [-0.15, -0.1) is 34.4 Å². The minimum atomic E-state index is 0.0901. The average Bonchev–Trinajstić information content (AvgIpc) is 3.31. The van der Waals surface area contributed by atoms with E-state index in [4.69, 9.17) is 0 Å². The number of carbonyl (C=O) groups is 1. The van der Waals surface area contributed by atoms with Crippen molar-refractivity contribution in [2.75, 3.05) is 6.54 Å². The first-order valence-corrected chi connectivity index (χ1v) is 10.5. The molecule has 0 bridgehead atoms. The van der Waals surface area contributed by atoms with Gasteiger partial charge in [0.1, 0.15) is 0 Å².